The molecule has 0 amide bonds. The van der Waals surface area contributed by atoms with Gasteiger partial charge < -0.3 is 9.64 Å². The number of anilines is 1. The van der Waals surface area contributed by atoms with E-state index in [2.05, 4.69) is 59.0 Å². The van der Waals surface area contributed by atoms with Crippen molar-refractivity contribution in [1.82, 2.24) is 19.9 Å². The quantitative estimate of drug-likeness (QED) is 0.648. The SMILES string of the molecule is CC1CN(c2nc(-c3ccccn3)nc3c2CCN(Cc2ccccc2)C3)CC(C)O1. The van der Waals surface area contributed by atoms with Gasteiger partial charge in [0.25, 0.3) is 0 Å². The fourth-order valence-electron chi connectivity index (χ4n) is 4.66. The van der Waals surface area contributed by atoms with Crippen molar-refractivity contribution >= 4 is 5.82 Å². The smallest absolute Gasteiger partial charge is 0.180 e. The standard InChI is InChI=1S/C25H29N5O/c1-18-14-30(15-19(2)31-18)25-21-11-13-29(16-20-8-4-3-5-9-20)17-23(21)27-24(28-25)22-10-6-7-12-26-22/h3-10,12,18-19H,11,13-17H2,1-2H3. The third kappa shape index (κ3) is 4.45. The topological polar surface area (TPSA) is 54.4 Å². The summed E-state index contributed by atoms with van der Waals surface area (Å²) in [6.07, 6.45) is 3.13. The van der Waals surface area contributed by atoms with E-state index in [1.54, 1.807) is 6.20 Å². The Labute approximate surface area is 183 Å². The molecule has 0 radical (unpaired) electrons. The Bertz CT molecular complexity index is 1020. The lowest BCUT2D eigenvalue weighted by atomic mass is 10.0. The lowest BCUT2D eigenvalue weighted by Gasteiger charge is -2.38. The van der Waals surface area contributed by atoms with Gasteiger partial charge in [0.15, 0.2) is 5.82 Å². The largest absolute Gasteiger partial charge is 0.372 e. The summed E-state index contributed by atoms with van der Waals surface area (Å²) in [7, 11) is 0. The average Bonchev–Trinajstić information content (AvgIpc) is 2.79. The molecular weight excluding hydrogens is 386 g/mol. The van der Waals surface area contributed by atoms with Gasteiger partial charge in [0.1, 0.15) is 11.5 Å². The summed E-state index contributed by atoms with van der Waals surface area (Å²) in [6.45, 7) is 8.75. The first-order valence-corrected chi connectivity index (χ1v) is 11.1. The van der Waals surface area contributed by atoms with E-state index >= 15 is 0 Å². The minimum Gasteiger partial charge on any atom is -0.372 e. The van der Waals surface area contributed by atoms with Crippen LogP contribution in [0.25, 0.3) is 11.5 Å². The summed E-state index contributed by atoms with van der Waals surface area (Å²) in [5.74, 6) is 1.77. The van der Waals surface area contributed by atoms with E-state index in [0.717, 1.165) is 56.4 Å². The Balaban J connectivity index is 1.50. The van der Waals surface area contributed by atoms with Crippen LogP contribution < -0.4 is 4.90 Å². The van der Waals surface area contributed by atoms with Crippen molar-refractivity contribution in [2.24, 2.45) is 0 Å². The van der Waals surface area contributed by atoms with Gasteiger partial charge in [-0.15, -0.1) is 0 Å². The molecule has 0 saturated carbocycles. The molecule has 6 nitrogen and oxygen atoms in total. The zero-order valence-electron chi connectivity index (χ0n) is 18.2. The van der Waals surface area contributed by atoms with E-state index < -0.39 is 0 Å². The first-order valence-electron chi connectivity index (χ1n) is 11.1. The maximum absolute atomic E-state index is 5.97. The van der Waals surface area contributed by atoms with Gasteiger partial charge in [-0.2, -0.15) is 0 Å². The zero-order valence-corrected chi connectivity index (χ0v) is 18.2. The van der Waals surface area contributed by atoms with Crippen molar-refractivity contribution in [3.8, 4) is 11.5 Å². The highest BCUT2D eigenvalue weighted by Gasteiger charge is 2.29. The van der Waals surface area contributed by atoms with E-state index in [-0.39, 0.29) is 12.2 Å². The first kappa shape index (κ1) is 20.1. The summed E-state index contributed by atoms with van der Waals surface area (Å²) >= 11 is 0. The number of aromatic nitrogens is 3. The highest BCUT2D eigenvalue weighted by Crippen LogP contribution is 2.31. The molecule has 0 spiro atoms. The molecule has 31 heavy (non-hydrogen) atoms. The van der Waals surface area contributed by atoms with Crippen molar-refractivity contribution in [1.29, 1.82) is 0 Å². The van der Waals surface area contributed by atoms with Gasteiger partial charge in [0.2, 0.25) is 0 Å². The molecule has 1 saturated heterocycles. The molecule has 3 aromatic rings. The molecule has 4 heterocycles. The van der Waals surface area contributed by atoms with Gasteiger partial charge in [-0.3, -0.25) is 9.88 Å². The van der Waals surface area contributed by atoms with Crippen LogP contribution in [0.4, 0.5) is 5.82 Å². The van der Waals surface area contributed by atoms with E-state index in [0.29, 0.717) is 5.82 Å². The molecular formula is C25H29N5O. The van der Waals surface area contributed by atoms with Crippen LogP contribution in [0.2, 0.25) is 0 Å². The van der Waals surface area contributed by atoms with E-state index in [1.165, 1.54) is 11.1 Å². The molecule has 1 aromatic carbocycles. The molecule has 6 heteroatoms. The normalized spacial score (nSPS) is 21.7. The molecule has 2 atom stereocenters. The summed E-state index contributed by atoms with van der Waals surface area (Å²) in [5.41, 5.74) is 4.56. The van der Waals surface area contributed by atoms with Crippen LogP contribution >= 0.6 is 0 Å². The molecule has 1 fully saturated rings. The van der Waals surface area contributed by atoms with Gasteiger partial charge >= 0.3 is 0 Å². The van der Waals surface area contributed by atoms with E-state index in [1.807, 2.05) is 18.2 Å². The Hall–Kier alpha value is -2.83. The summed E-state index contributed by atoms with van der Waals surface area (Å²) in [6, 6.07) is 16.6. The number of nitrogens with zero attached hydrogens (tertiary/aromatic N) is 5. The second-order valence-electron chi connectivity index (χ2n) is 8.62. The van der Waals surface area contributed by atoms with Gasteiger partial charge in [-0.05, 0) is 38.0 Å². The van der Waals surface area contributed by atoms with E-state index in [9.17, 15) is 0 Å². The predicted octanol–water partition coefficient (Wildman–Crippen LogP) is 3.71. The molecule has 0 bridgehead atoms. The number of rotatable bonds is 4. The van der Waals surface area contributed by atoms with Crippen LogP contribution in [0.15, 0.2) is 54.7 Å². The lowest BCUT2D eigenvalue weighted by Crippen LogP contribution is -2.46. The van der Waals surface area contributed by atoms with Crippen LogP contribution in [-0.2, 0) is 24.2 Å². The third-order valence-electron chi connectivity index (χ3n) is 5.98. The summed E-state index contributed by atoms with van der Waals surface area (Å²) in [5, 5.41) is 0. The van der Waals surface area contributed by atoms with Crippen molar-refractivity contribution in [3.05, 3.63) is 71.5 Å². The maximum atomic E-state index is 5.97. The number of hydrogen-bond donors (Lipinski definition) is 0. The number of benzene rings is 1. The number of pyridine rings is 1. The highest BCUT2D eigenvalue weighted by molar-refractivity contribution is 5.58. The second kappa shape index (κ2) is 8.73. The van der Waals surface area contributed by atoms with Crippen LogP contribution in [0.1, 0.15) is 30.7 Å². The predicted molar refractivity (Wildman–Crippen MR) is 122 cm³/mol. The van der Waals surface area contributed by atoms with Crippen molar-refractivity contribution in [3.63, 3.8) is 0 Å². The second-order valence-corrected chi connectivity index (χ2v) is 8.62. The number of fused-ring (bicyclic) bond motifs is 1. The number of morpholine rings is 1. The summed E-state index contributed by atoms with van der Waals surface area (Å²) < 4.78 is 5.97. The van der Waals surface area contributed by atoms with Gasteiger partial charge in [0.05, 0.1) is 17.9 Å². The minimum atomic E-state index is 0.186. The van der Waals surface area contributed by atoms with Crippen LogP contribution in [0, 0.1) is 0 Å². The third-order valence-corrected chi connectivity index (χ3v) is 5.98. The Morgan fingerprint density at radius 3 is 2.48 bits per heavy atom. The molecule has 0 N–H and O–H groups in total. The molecule has 2 aliphatic rings. The first-order chi connectivity index (χ1) is 15.2. The van der Waals surface area contributed by atoms with Gasteiger partial charge in [-0.25, -0.2) is 9.97 Å². The highest BCUT2D eigenvalue weighted by atomic mass is 16.5. The molecule has 160 valence electrons. The molecule has 2 aromatic heterocycles. The van der Waals surface area contributed by atoms with E-state index in [4.69, 9.17) is 14.7 Å². The fourth-order valence-corrected chi connectivity index (χ4v) is 4.66. The minimum absolute atomic E-state index is 0.186. The molecule has 2 aliphatic heterocycles. The van der Waals surface area contributed by atoms with Crippen molar-refractivity contribution in [2.75, 3.05) is 24.5 Å². The zero-order chi connectivity index (χ0) is 21.2. The van der Waals surface area contributed by atoms with Crippen molar-refractivity contribution in [2.45, 2.75) is 45.6 Å². The Morgan fingerprint density at radius 2 is 1.74 bits per heavy atom. The maximum Gasteiger partial charge on any atom is 0.180 e. The van der Waals surface area contributed by atoms with Gasteiger partial charge in [0, 0.05) is 44.5 Å². The summed E-state index contributed by atoms with van der Waals surface area (Å²) in [4.78, 5) is 19.4. The molecule has 2 unspecified atom stereocenters. The monoisotopic (exact) mass is 415 g/mol. The molecule has 0 aliphatic carbocycles. The number of hydrogen-bond acceptors (Lipinski definition) is 6. The Kier molecular flexibility index (Phi) is 5.66. The van der Waals surface area contributed by atoms with Crippen LogP contribution in [0.5, 0.6) is 0 Å². The lowest BCUT2D eigenvalue weighted by molar-refractivity contribution is -0.00554. The van der Waals surface area contributed by atoms with Gasteiger partial charge in [-0.1, -0.05) is 36.4 Å². The fraction of sp³-hybridized carbons (Fsp3) is 0.400. The molecule has 5 rings (SSSR count). The van der Waals surface area contributed by atoms with Crippen molar-refractivity contribution < 1.29 is 4.74 Å². The Morgan fingerprint density at radius 1 is 0.968 bits per heavy atom. The van der Waals surface area contributed by atoms with Crippen LogP contribution in [0.3, 0.4) is 0 Å². The average molecular weight is 416 g/mol. The van der Waals surface area contributed by atoms with Crippen LogP contribution in [-0.4, -0.2) is 51.7 Å². The number of ether oxygens (including phenoxy) is 1.